The molecule has 0 radical (unpaired) electrons. The van der Waals surface area contributed by atoms with Gasteiger partial charge in [0.05, 0.1) is 12.4 Å². The number of aromatic nitrogens is 4. The highest BCUT2D eigenvalue weighted by molar-refractivity contribution is 7.44. The average molecular weight is 391 g/mol. The summed E-state index contributed by atoms with van der Waals surface area (Å²) in [5.41, 5.74) is 10.9. The van der Waals surface area contributed by atoms with Crippen molar-refractivity contribution in [2.24, 2.45) is 5.73 Å². The summed E-state index contributed by atoms with van der Waals surface area (Å²) in [6, 6.07) is -1.15. The number of hydrogen-bond donors (Lipinski definition) is 5. The zero-order valence-electron chi connectivity index (χ0n) is 13.3. The fourth-order valence-electron chi connectivity index (χ4n) is 2.69. The average Bonchev–Trinajstić information content (AvgIpc) is 3.07. The largest absolute Gasteiger partial charge is 0.756 e. The number of aliphatic hydroxyl groups excluding tert-OH is 1. The highest BCUT2D eigenvalue weighted by Gasteiger charge is 2.55. The summed E-state index contributed by atoms with van der Waals surface area (Å²) in [5, 5.41) is 10.4. The van der Waals surface area contributed by atoms with E-state index >= 15 is 0 Å². The first kappa shape index (κ1) is 18.9. The van der Waals surface area contributed by atoms with Gasteiger partial charge in [0.25, 0.3) is 13.4 Å². The Balaban J connectivity index is 2.00. The number of fused-ring (bicyclic) bond motifs is 1. The number of aliphatic hydroxyl groups is 1. The second-order valence-electron chi connectivity index (χ2n) is 5.56. The topological polar surface area (TPSA) is 224 Å². The van der Waals surface area contributed by atoms with E-state index in [1.54, 1.807) is 0 Å². The quantitative estimate of drug-likeness (QED) is 0.317. The number of methoxy groups -OCH3 is 1. The summed E-state index contributed by atoms with van der Waals surface area (Å²) in [6.07, 6.45) is -1.52. The van der Waals surface area contributed by atoms with E-state index in [0.29, 0.717) is 0 Å². The number of H-pyrrole nitrogens is 1. The van der Waals surface area contributed by atoms with Crippen molar-refractivity contribution in [1.29, 1.82) is 0 Å². The molecule has 0 spiro atoms. The number of phosphoric ester groups is 1. The lowest BCUT2D eigenvalue weighted by Gasteiger charge is -2.31. The maximum atomic E-state index is 11.9. The second kappa shape index (κ2) is 6.37. The lowest BCUT2D eigenvalue weighted by Crippen LogP contribution is -2.50. The summed E-state index contributed by atoms with van der Waals surface area (Å²) < 4.78 is 27.0. The molecule has 0 aliphatic carbocycles. The van der Waals surface area contributed by atoms with Crippen LogP contribution in [0.2, 0.25) is 0 Å². The molecule has 3 heterocycles. The van der Waals surface area contributed by atoms with Gasteiger partial charge in [0, 0.05) is 7.11 Å². The SMILES string of the molecule is CO[C@]1(COP(=O)([O-])O)O[C@@H](n2cnc3c(=O)[nH]c(N)nc32)[C@@H](N)[C@@H]1O. The molecule has 2 aromatic rings. The van der Waals surface area contributed by atoms with Gasteiger partial charge in [-0.25, -0.2) is 4.98 Å². The van der Waals surface area contributed by atoms with Crippen LogP contribution in [0.5, 0.6) is 0 Å². The van der Waals surface area contributed by atoms with Crippen LogP contribution in [0.25, 0.3) is 11.2 Å². The van der Waals surface area contributed by atoms with E-state index in [0.717, 1.165) is 7.11 Å². The van der Waals surface area contributed by atoms with Gasteiger partial charge >= 0.3 is 0 Å². The maximum absolute atomic E-state index is 11.9. The van der Waals surface area contributed by atoms with Crippen LogP contribution in [0, 0.1) is 0 Å². The lowest BCUT2D eigenvalue weighted by atomic mass is 10.1. The molecule has 14 nitrogen and oxygen atoms in total. The Hall–Kier alpha value is -1.90. The number of aromatic amines is 1. The van der Waals surface area contributed by atoms with Gasteiger partial charge in [-0.15, -0.1) is 0 Å². The van der Waals surface area contributed by atoms with Gasteiger partial charge in [0.2, 0.25) is 11.7 Å². The summed E-state index contributed by atoms with van der Waals surface area (Å²) in [5.74, 6) is -2.18. The van der Waals surface area contributed by atoms with Crippen LogP contribution in [-0.2, 0) is 18.6 Å². The molecule has 0 aromatic carbocycles. The highest BCUT2D eigenvalue weighted by atomic mass is 31.2. The molecule has 0 saturated carbocycles. The molecule has 2 aromatic heterocycles. The number of nitrogens with one attached hydrogen (secondary N) is 1. The van der Waals surface area contributed by atoms with Gasteiger partial charge in [-0.3, -0.25) is 18.9 Å². The van der Waals surface area contributed by atoms with Crippen LogP contribution in [-0.4, -0.2) is 61.2 Å². The predicted molar refractivity (Wildman–Crippen MR) is 82.2 cm³/mol. The number of anilines is 1. The first-order chi connectivity index (χ1) is 12.1. The Bertz CT molecular complexity index is 925. The summed E-state index contributed by atoms with van der Waals surface area (Å²) in [7, 11) is -3.98. The van der Waals surface area contributed by atoms with Crippen molar-refractivity contribution in [1.82, 2.24) is 19.5 Å². The fraction of sp³-hybridized carbons (Fsp3) is 0.545. The summed E-state index contributed by atoms with van der Waals surface area (Å²) in [6.45, 7) is -0.866. The molecular formula is C11H16N6O8P-. The van der Waals surface area contributed by atoms with Crippen molar-refractivity contribution in [2.75, 3.05) is 19.5 Å². The van der Waals surface area contributed by atoms with Crippen LogP contribution < -0.4 is 21.9 Å². The maximum Gasteiger partial charge on any atom is 0.280 e. The normalized spacial score (nSPS) is 31.3. The Morgan fingerprint density at radius 2 is 2.31 bits per heavy atom. The smallest absolute Gasteiger partial charge is 0.280 e. The van der Waals surface area contributed by atoms with E-state index in [1.165, 1.54) is 10.9 Å². The molecule has 26 heavy (non-hydrogen) atoms. The molecule has 15 heteroatoms. The van der Waals surface area contributed by atoms with Crippen LogP contribution in [0.15, 0.2) is 11.1 Å². The van der Waals surface area contributed by atoms with Gasteiger partial charge in [-0.2, -0.15) is 4.98 Å². The zero-order chi connectivity index (χ0) is 19.3. The monoisotopic (exact) mass is 391 g/mol. The minimum atomic E-state index is -5.11. The van der Waals surface area contributed by atoms with Crippen molar-refractivity contribution >= 4 is 24.9 Å². The summed E-state index contributed by atoms with van der Waals surface area (Å²) >= 11 is 0. The molecule has 144 valence electrons. The van der Waals surface area contributed by atoms with Crippen molar-refractivity contribution in [3.63, 3.8) is 0 Å². The Morgan fingerprint density at radius 3 is 2.92 bits per heavy atom. The third-order valence-corrected chi connectivity index (χ3v) is 4.42. The number of hydrogen-bond acceptors (Lipinski definition) is 11. The van der Waals surface area contributed by atoms with Crippen molar-refractivity contribution in [2.45, 2.75) is 24.2 Å². The van der Waals surface area contributed by atoms with Crippen molar-refractivity contribution in [3.8, 4) is 0 Å². The number of phosphoric acid groups is 1. The number of rotatable bonds is 5. The lowest BCUT2D eigenvalue weighted by molar-refractivity contribution is -0.280. The molecule has 7 N–H and O–H groups in total. The predicted octanol–water partition coefficient (Wildman–Crippen LogP) is -3.26. The van der Waals surface area contributed by atoms with E-state index < -0.39 is 44.1 Å². The molecule has 1 aliphatic rings. The molecule has 0 amide bonds. The Kier molecular flexibility index (Phi) is 4.62. The van der Waals surface area contributed by atoms with Crippen molar-refractivity contribution < 1.29 is 33.5 Å². The fourth-order valence-corrected chi connectivity index (χ4v) is 3.04. The van der Waals surface area contributed by atoms with Gasteiger partial charge < -0.3 is 40.4 Å². The number of imidazole rings is 1. The molecule has 0 bridgehead atoms. The van der Waals surface area contributed by atoms with Crippen LogP contribution in [0.1, 0.15) is 6.23 Å². The van der Waals surface area contributed by atoms with Gasteiger partial charge in [0.1, 0.15) is 12.7 Å². The minimum absolute atomic E-state index is 0.0309. The molecule has 3 rings (SSSR count). The van der Waals surface area contributed by atoms with Gasteiger partial charge in [-0.1, -0.05) is 0 Å². The number of nitrogen functional groups attached to an aromatic ring is 1. The van der Waals surface area contributed by atoms with Gasteiger partial charge in [-0.05, 0) is 0 Å². The minimum Gasteiger partial charge on any atom is -0.756 e. The molecule has 1 aliphatic heterocycles. The van der Waals surface area contributed by atoms with E-state index in [4.69, 9.17) is 25.8 Å². The number of ether oxygens (including phenoxy) is 2. The highest BCUT2D eigenvalue weighted by Crippen LogP contribution is 2.41. The first-order valence-corrected chi connectivity index (χ1v) is 8.65. The molecule has 1 unspecified atom stereocenters. The number of nitrogens with zero attached hydrogens (tertiary/aromatic N) is 3. The number of nitrogens with two attached hydrogens (primary N) is 2. The summed E-state index contributed by atoms with van der Waals surface area (Å²) in [4.78, 5) is 41.6. The van der Waals surface area contributed by atoms with Crippen LogP contribution >= 0.6 is 7.82 Å². The molecule has 1 fully saturated rings. The third kappa shape index (κ3) is 3.13. The molecule has 1 saturated heterocycles. The van der Waals surface area contributed by atoms with E-state index in [9.17, 15) is 19.4 Å². The zero-order valence-corrected chi connectivity index (χ0v) is 14.2. The van der Waals surface area contributed by atoms with Crippen LogP contribution in [0.3, 0.4) is 0 Å². The Morgan fingerprint density at radius 1 is 1.62 bits per heavy atom. The molecule has 5 atom stereocenters. The van der Waals surface area contributed by atoms with E-state index in [-0.39, 0.29) is 17.1 Å². The van der Waals surface area contributed by atoms with Crippen LogP contribution in [0.4, 0.5) is 5.95 Å². The first-order valence-electron chi connectivity index (χ1n) is 7.15. The Labute approximate surface area is 144 Å². The van der Waals surface area contributed by atoms with Gasteiger partial charge in [0.15, 0.2) is 17.4 Å². The second-order valence-corrected chi connectivity index (χ2v) is 6.76. The van der Waals surface area contributed by atoms with Crippen molar-refractivity contribution in [3.05, 3.63) is 16.7 Å². The van der Waals surface area contributed by atoms with E-state index in [2.05, 4.69) is 19.5 Å². The molecular weight excluding hydrogens is 375 g/mol. The standard InChI is InChI=1S/C11H17N6O8P/c1-23-11(2-24-26(20,21)22)6(18)4(12)9(25-11)17-3-14-5-7(17)15-10(13)16-8(5)19/h3-4,6,9,18H,2,12H2,1H3,(H2,20,21,22)(H3,13,15,16,19)/p-1/t4-,6-,9+,11+/m0/s1. The third-order valence-electron chi connectivity index (χ3n) is 3.96. The van der Waals surface area contributed by atoms with E-state index in [1.807, 2.05) is 0 Å².